The number of H-pyrrole nitrogens is 2. The van der Waals surface area contributed by atoms with Crippen LogP contribution < -0.4 is 9.47 Å². The molecule has 2 N–H and O–H groups in total. The Morgan fingerprint density at radius 1 is 1.29 bits per heavy atom. The molecular weight excluding hydrogens is 312 g/mol. The zero-order valence-corrected chi connectivity index (χ0v) is 12.9. The van der Waals surface area contributed by atoms with Gasteiger partial charge in [-0.1, -0.05) is 0 Å². The number of carbonyl (C=O) groups excluding carboxylic acids is 1. The second-order valence-corrected chi connectivity index (χ2v) is 4.69. The number of aromatic nitrogens is 3. The van der Waals surface area contributed by atoms with E-state index in [1.807, 2.05) is 0 Å². The van der Waals surface area contributed by atoms with Crippen molar-refractivity contribution in [2.75, 3.05) is 7.11 Å². The van der Waals surface area contributed by atoms with Crippen molar-refractivity contribution in [1.29, 1.82) is 0 Å². The second kappa shape index (κ2) is 6.46. The summed E-state index contributed by atoms with van der Waals surface area (Å²) >= 11 is 10.0. The van der Waals surface area contributed by atoms with Gasteiger partial charge in [-0.3, -0.25) is 15.0 Å². The molecule has 0 amide bonds. The monoisotopic (exact) mass is 324 g/mol. The van der Waals surface area contributed by atoms with Crippen LogP contribution in [-0.4, -0.2) is 34.2 Å². The maximum Gasteiger partial charge on any atom is 0.308 e. The Labute approximate surface area is 130 Å². The third-order valence-electron chi connectivity index (χ3n) is 2.42. The molecule has 0 unspecified atom stereocenters. The van der Waals surface area contributed by atoms with Gasteiger partial charge in [0.15, 0.2) is 11.5 Å². The topological polar surface area (TPSA) is 84.4 Å². The maximum absolute atomic E-state index is 11.0. The highest BCUT2D eigenvalue weighted by Crippen LogP contribution is 2.27. The summed E-state index contributed by atoms with van der Waals surface area (Å²) in [5.41, 5.74) is 0.736. The molecule has 1 aromatic heterocycles. The quantitative estimate of drug-likeness (QED) is 0.390. The molecule has 0 spiro atoms. The molecule has 0 atom stereocenters. The first-order valence-corrected chi connectivity index (χ1v) is 6.63. The molecule has 0 bridgehead atoms. The maximum atomic E-state index is 11.0. The lowest BCUT2D eigenvalue weighted by Crippen LogP contribution is -2.03. The van der Waals surface area contributed by atoms with E-state index in [1.54, 1.807) is 24.4 Å². The molecule has 1 aromatic carbocycles. The summed E-state index contributed by atoms with van der Waals surface area (Å²) in [6.45, 7) is 1.32. The summed E-state index contributed by atoms with van der Waals surface area (Å²) in [7, 11) is 1.49. The molecule has 1 heterocycles. The lowest BCUT2D eigenvalue weighted by molar-refractivity contribution is -0.132. The van der Waals surface area contributed by atoms with Crippen LogP contribution in [0.2, 0.25) is 0 Å². The highest BCUT2D eigenvalue weighted by Gasteiger charge is 2.07. The van der Waals surface area contributed by atoms with Gasteiger partial charge in [0, 0.05) is 6.92 Å². The Hall–Kier alpha value is -2.26. The number of hydrogen-bond acceptors (Lipinski definition) is 6. The molecule has 0 radical (unpaired) electrons. The highest BCUT2D eigenvalue weighted by atomic mass is 32.1. The van der Waals surface area contributed by atoms with Crippen molar-refractivity contribution >= 4 is 36.6 Å². The molecule has 0 fully saturated rings. The van der Waals surface area contributed by atoms with Gasteiger partial charge >= 0.3 is 5.97 Å². The lowest BCUT2D eigenvalue weighted by atomic mass is 10.2. The number of rotatable bonds is 4. The fourth-order valence-corrected chi connectivity index (χ4v) is 1.97. The summed E-state index contributed by atoms with van der Waals surface area (Å²) in [6, 6.07) is 5.04. The zero-order valence-electron chi connectivity index (χ0n) is 11.2. The van der Waals surface area contributed by atoms with Crippen LogP contribution in [0.5, 0.6) is 11.5 Å². The molecule has 110 valence electrons. The van der Waals surface area contributed by atoms with E-state index in [4.69, 9.17) is 33.9 Å². The number of benzene rings is 1. The lowest BCUT2D eigenvalue weighted by Gasteiger charge is -2.08. The van der Waals surface area contributed by atoms with Crippen molar-refractivity contribution in [1.82, 2.24) is 14.9 Å². The number of methoxy groups -OCH3 is 1. The highest BCUT2D eigenvalue weighted by molar-refractivity contribution is 7.72. The molecule has 7 nitrogen and oxygen atoms in total. The minimum atomic E-state index is -0.417. The van der Waals surface area contributed by atoms with Crippen LogP contribution >= 0.6 is 24.4 Å². The molecule has 0 saturated carbocycles. The summed E-state index contributed by atoms with van der Waals surface area (Å²) in [4.78, 5) is 11.0. The van der Waals surface area contributed by atoms with E-state index < -0.39 is 5.97 Å². The fourth-order valence-electron chi connectivity index (χ4n) is 1.54. The Balaban J connectivity index is 2.31. The zero-order chi connectivity index (χ0) is 15.4. The minimum absolute atomic E-state index is 0.345. The molecule has 0 aliphatic heterocycles. The average Bonchev–Trinajstić information content (AvgIpc) is 2.76. The minimum Gasteiger partial charge on any atom is -0.493 e. The van der Waals surface area contributed by atoms with E-state index in [2.05, 4.69) is 15.3 Å². The van der Waals surface area contributed by atoms with Crippen molar-refractivity contribution < 1.29 is 14.3 Å². The van der Waals surface area contributed by atoms with E-state index in [-0.39, 0.29) is 0 Å². The van der Waals surface area contributed by atoms with Crippen LogP contribution in [0.15, 0.2) is 23.3 Å². The van der Waals surface area contributed by atoms with Crippen LogP contribution in [0.3, 0.4) is 0 Å². The van der Waals surface area contributed by atoms with Gasteiger partial charge in [0.1, 0.15) is 0 Å². The molecular formula is C12H12N4O3S2. The summed E-state index contributed by atoms with van der Waals surface area (Å²) < 4.78 is 12.3. The molecule has 9 heteroatoms. The predicted molar refractivity (Wildman–Crippen MR) is 82.1 cm³/mol. The smallest absolute Gasteiger partial charge is 0.308 e. The molecule has 0 aliphatic carbocycles. The van der Waals surface area contributed by atoms with Crippen molar-refractivity contribution in [3.8, 4) is 11.5 Å². The third kappa shape index (κ3) is 3.64. The number of hydrogen-bond donors (Lipinski definition) is 2. The van der Waals surface area contributed by atoms with Gasteiger partial charge in [0.25, 0.3) is 0 Å². The Bertz CT molecular complexity index is 776. The molecule has 21 heavy (non-hydrogen) atoms. The summed E-state index contributed by atoms with van der Waals surface area (Å²) in [5.74, 6) is 0.356. The van der Waals surface area contributed by atoms with Crippen molar-refractivity contribution in [3.05, 3.63) is 33.3 Å². The first kappa shape index (κ1) is 15.1. The van der Waals surface area contributed by atoms with E-state index in [9.17, 15) is 4.79 Å². The number of nitrogens with one attached hydrogen (secondary N) is 2. The van der Waals surface area contributed by atoms with Crippen LogP contribution in [0.4, 0.5) is 0 Å². The van der Waals surface area contributed by atoms with Gasteiger partial charge in [-0.05, 0) is 48.2 Å². The molecule has 0 aliphatic rings. The third-order valence-corrected chi connectivity index (χ3v) is 2.97. The van der Waals surface area contributed by atoms with Gasteiger partial charge in [0.05, 0.1) is 13.3 Å². The first-order valence-electron chi connectivity index (χ1n) is 5.82. The largest absolute Gasteiger partial charge is 0.493 e. The van der Waals surface area contributed by atoms with Crippen molar-refractivity contribution in [2.24, 2.45) is 5.10 Å². The fraction of sp³-hybridized carbons (Fsp3) is 0.167. The number of carbonyl (C=O) groups is 1. The number of esters is 1. The standard InChI is InChI=1S/C12H12N4O3S2/c1-7(17)19-9-4-3-8(5-10(9)18-2)6-13-16-11(20)14-15-12(16)21/h3-6H,1-2H3,(H,14,20)(H,15,21)/b13-6-. The van der Waals surface area contributed by atoms with E-state index in [1.165, 1.54) is 18.7 Å². The van der Waals surface area contributed by atoms with Crippen LogP contribution in [0.25, 0.3) is 0 Å². The average molecular weight is 324 g/mol. The molecule has 2 rings (SSSR count). The van der Waals surface area contributed by atoms with Crippen LogP contribution in [0, 0.1) is 9.54 Å². The Morgan fingerprint density at radius 3 is 2.52 bits per heavy atom. The summed E-state index contributed by atoms with van der Waals surface area (Å²) in [5, 5.41) is 9.52. The summed E-state index contributed by atoms with van der Waals surface area (Å²) in [6.07, 6.45) is 1.56. The molecule has 2 aromatic rings. The van der Waals surface area contributed by atoms with Crippen molar-refractivity contribution in [3.63, 3.8) is 0 Å². The van der Waals surface area contributed by atoms with E-state index >= 15 is 0 Å². The van der Waals surface area contributed by atoms with Gasteiger partial charge in [-0.25, -0.2) is 0 Å². The SMILES string of the molecule is COc1cc(/C=N\n2c(=S)[nH][nH]c2=S)ccc1OC(C)=O. The Kier molecular flexibility index (Phi) is 4.66. The Morgan fingerprint density at radius 2 is 1.95 bits per heavy atom. The normalized spacial score (nSPS) is 10.8. The van der Waals surface area contributed by atoms with Gasteiger partial charge in [-0.2, -0.15) is 9.78 Å². The number of aromatic amines is 2. The van der Waals surface area contributed by atoms with Gasteiger partial charge < -0.3 is 9.47 Å². The van der Waals surface area contributed by atoms with Crippen molar-refractivity contribution in [2.45, 2.75) is 6.92 Å². The van der Waals surface area contributed by atoms with E-state index in [0.29, 0.717) is 21.0 Å². The van der Waals surface area contributed by atoms with E-state index in [0.717, 1.165) is 5.56 Å². The second-order valence-electron chi connectivity index (χ2n) is 3.92. The van der Waals surface area contributed by atoms with Gasteiger partial charge in [0.2, 0.25) is 9.54 Å². The molecule has 0 saturated heterocycles. The number of nitrogens with zero attached hydrogens (tertiary/aromatic N) is 2. The van der Waals surface area contributed by atoms with Gasteiger partial charge in [-0.15, -0.1) is 0 Å². The van der Waals surface area contributed by atoms with Crippen LogP contribution in [0.1, 0.15) is 12.5 Å². The first-order chi connectivity index (χ1) is 10.0. The van der Waals surface area contributed by atoms with Crippen LogP contribution in [-0.2, 0) is 4.79 Å². The predicted octanol–water partition coefficient (Wildman–Crippen LogP) is 2.42. The number of ether oxygens (including phenoxy) is 2.